The molecule has 0 unspecified atom stereocenters. The molecule has 0 fully saturated rings. The van der Waals surface area contributed by atoms with Crippen molar-refractivity contribution in [1.82, 2.24) is 24.8 Å². The van der Waals surface area contributed by atoms with Crippen LogP contribution in [0.4, 0.5) is 30.7 Å². The van der Waals surface area contributed by atoms with E-state index in [2.05, 4.69) is 19.9 Å². The smallest absolute Gasteiger partial charge is 0.369 e. The molecular formula is C33H26F7N7O2. The van der Waals surface area contributed by atoms with Crippen LogP contribution < -0.4 is 5.73 Å². The molecule has 4 heterocycles. The van der Waals surface area contributed by atoms with Crippen LogP contribution >= 0.6 is 0 Å². The van der Waals surface area contributed by atoms with E-state index >= 15 is 0 Å². The molecule has 49 heavy (non-hydrogen) atoms. The summed E-state index contributed by atoms with van der Waals surface area (Å²) in [6.07, 6.45) is -6.96. The number of amides is 2. The number of hydrogen-bond acceptors (Lipinski definition) is 7. The number of halogens is 7. The third kappa shape index (κ3) is 6.80. The lowest BCUT2D eigenvalue weighted by Crippen LogP contribution is -2.42. The van der Waals surface area contributed by atoms with Gasteiger partial charge >= 0.3 is 12.4 Å². The molecule has 0 bridgehead atoms. The summed E-state index contributed by atoms with van der Waals surface area (Å²) < 4.78 is 95.3. The van der Waals surface area contributed by atoms with Crippen LogP contribution in [0.25, 0.3) is 11.4 Å². The first kappa shape index (κ1) is 33.5. The second kappa shape index (κ2) is 12.6. The first-order valence-corrected chi connectivity index (χ1v) is 14.9. The fourth-order valence-corrected chi connectivity index (χ4v) is 5.95. The molecule has 0 saturated heterocycles. The molecule has 2 amide bonds. The summed E-state index contributed by atoms with van der Waals surface area (Å²) in [6, 6.07) is 10.7. The molecule has 1 atom stereocenters. The maximum Gasteiger partial charge on any atom is 0.417 e. The second-order valence-electron chi connectivity index (χ2n) is 11.6. The lowest BCUT2D eigenvalue weighted by Gasteiger charge is -2.27. The van der Waals surface area contributed by atoms with Gasteiger partial charge in [-0.25, -0.2) is 19.4 Å². The Labute approximate surface area is 274 Å². The number of hydrogen-bond donors (Lipinski definition) is 1. The molecule has 2 aliphatic heterocycles. The zero-order valence-corrected chi connectivity index (χ0v) is 25.4. The molecule has 0 saturated carbocycles. The number of nitrogens with zero attached hydrogens (tertiary/aromatic N) is 6. The number of aromatic nitrogens is 3. The largest absolute Gasteiger partial charge is 0.417 e. The zero-order chi connectivity index (χ0) is 35.1. The molecule has 2 aliphatic rings. The summed E-state index contributed by atoms with van der Waals surface area (Å²) in [7, 11) is 0. The van der Waals surface area contributed by atoms with Gasteiger partial charge in [0, 0.05) is 42.7 Å². The van der Waals surface area contributed by atoms with Crippen LogP contribution in [0, 0.1) is 5.82 Å². The number of benzene rings is 2. The van der Waals surface area contributed by atoms with Crippen molar-refractivity contribution in [2.45, 2.75) is 56.8 Å². The van der Waals surface area contributed by atoms with Crippen molar-refractivity contribution in [2.75, 3.05) is 0 Å². The van der Waals surface area contributed by atoms with Gasteiger partial charge < -0.3 is 10.6 Å². The highest BCUT2D eigenvalue weighted by atomic mass is 19.4. The molecule has 2 aromatic heterocycles. The fraction of sp³-hybridized carbons (Fsp3) is 0.273. The quantitative estimate of drug-likeness (QED) is 0.223. The van der Waals surface area contributed by atoms with E-state index < -0.39 is 78.4 Å². The molecule has 2 N–H and O–H groups in total. The minimum atomic E-state index is -4.91. The highest BCUT2D eigenvalue weighted by Gasteiger charge is 2.49. The molecular weight excluding hydrogens is 659 g/mol. The number of guanidine groups is 1. The van der Waals surface area contributed by atoms with E-state index in [1.54, 1.807) is 24.5 Å². The van der Waals surface area contributed by atoms with Gasteiger partial charge in [-0.1, -0.05) is 18.2 Å². The Morgan fingerprint density at radius 2 is 1.73 bits per heavy atom. The first-order chi connectivity index (χ1) is 23.1. The van der Waals surface area contributed by atoms with Gasteiger partial charge in [0.25, 0.3) is 11.8 Å². The second-order valence-corrected chi connectivity index (χ2v) is 11.6. The van der Waals surface area contributed by atoms with Gasteiger partial charge in [-0.2, -0.15) is 26.3 Å². The number of fused-ring (bicyclic) bond motifs is 1. The van der Waals surface area contributed by atoms with Gasteiger partial charge in [0.2, 0.25) is 0 Å². The summed E-state index contributed by atoms with van der Waals surface area (Å²) in [5, 5.41) is 0. The Balaban J connectivity index is 1.28. The number of pyridine rings is 1. The van der Waals surface area contributed by atoms with E-state index in [-0.39, 0.29) is 24.2 Å². The van der Waals surface area contributed by atoms with Crippen molar-refractivity contribution in [3.05, 3.63) is 113 Å². The van der Waals surface area contributed by atoms with Gasteiger partial charge in [-0.15, -0.1) is 0 Å². The van der Waals surface area contributed by atoms with Gasteiger partial charge in [0.15, 0.2) is 17.3 Å². The SMILES string of the molecule is NC1=N[C@](CCCC(F)(F)F)(c2ccc(F)cc2)C(=O)N1Cc1ccc(C(F)(F)F)c(C(=O)N2Cc3cnc(-c4cccnc4)nc3C2)c1. The molecule has 4 aromatic rings. The highest BCUT2D eigenvalue weighted by Crippen LogP contribution is 2.40. The lowest BCUT2D eigenvalue weighted by atomic mass is 9.84. The first-order valence-electron chi connectivity index (χ1n) is 14.9. The topological polar surface area (TPSA) is 118 Å². The fourth-order valence-electron chi connectivity index (χ4n) is 5.95. The summed E-state index contributed by atoms with van der Waals surface area (Å²) in [6.45, 7) is -0.589. The molecule has 16 heteroatoms. The van der Waals surface area contributed by atoms with Crippen molar-refractivity contribution >= 4 is 17.8 Å². The third-order valence-corrected chi connectivity index (χ3v) is 8.32. The van der Waals surface area contributed by atoms with Crippen molar-refractivity contribution in [1.29, 1.82) is 0 Å². The van der Waals surface area contributed by atoms with Crippen LogP contribution in [-0.4, -0.2) is 48.7 Å². The Hall–Kier alpha value is -5.41. The van der Waals surface area contributed by atoms with E-state index in [4.69, 9.17) is 5.73 Å². The number of carbonyl (C=O) groups excluding carboxylic acids is 2. The molecule has 0 spiro atoms. The summed E-state index contributed by atoms with van der Waals surface area (Å²) in [5.74, 6) is -2.50. The molecule has 0 radical (unpaired) electrons. The maximum absolute atomic E-state index is 14.2. The summed E-state index contributed by atoms with van der Waals surface area (Å²) in [4.78, 5) is 46.7. The van der Waals surface area contributed by atoms with Gasteiger partial charge in [0.1, 0.15) is 5.82 Å². The van der Waals surface area contributed by atoms with Crippen molar-refractivity contribution in [3.8, 4) is 11.4 Å². The van der Waals surface area contributed by atoms with Crippen LogP contribution in [0.3, 0.4) is 0 Å². The van der Waals surface area contributed by atoms with E-state index in [9.17, 15) is 40.3 Å². The Morgan fingerprint density at radius 3 is 2.41 bits per heavy atom. The minimum absolute atomic E-state index is 0.0503. The third-order valence-electron chi connectivity index (χ3n) is 8.32. The number of rotatable bonds is 8. The molecule has 254 valence electrons. The van der Waals surface area contributed by atoms with E-state index in [1.807, 2.05) is 0 Å². The monoisotopic (exact) mass is 685 g/mol. The number of carbonyl (C=O) groups is 2. The molecule has 9 nitrogen and oxygen atoms in total. The number of alkyl halides is 6. The Kier molecular flexibility index (Phi) is 8.58. The van der Waals surface area contributed by atoms with E-state index in [0.29, 0.717) is 22.6 Å². The Morgan fingerprint density at radius 1 is 0.980 bits per heavy atom. The normalized spacial score (nSPS) is 17.8. The average Bonchev–Trinajstić information content (AvgIpc) is 3.58. The Bertz CT molecular complexity index is 1930. The van der Waals surface area contributed by atoms with E-state index in [1.165, 1.54) is 23.2 Å². The predicted octanol–water partition coefficient (Wildman–Crippen LogP) is 6.14. The van der Waals surface area contributed by atoms with Gasteiger partial charge in [-0.05, 0) is 60.4 Å². The zero-order valence-electron chi connectivity index (χ0n) is 25.4. The van der Waals surface area contributed by atoms with Crippen molar-refractivity contribution in [3.63, 3.8) is 0 Å². The average molecular weight is 686 g/mol. The molecule has 2 aromatic carbocycles. The van der Waals surface area contributed by atoms with Crippen LogP contribution in [0.1, 0.15) is 57.6 Å². The summed E-state index contributed by atoms with van der Waals surface area (Å²) >= 11 is 0. The highest BCUT2D eigenvalue weighted by molar-refractivity contribution is 6.07. The van der Waals surface area contributed by atoms with Gasteiger partial charge in [0.05, 0.1) is 29.9 Å². The minimum Gasteiger partial charge on any atom is -0.369 e. The van der Waals surface area contributed by atoms with Crippen LogP contribution in [0.5, 0.6) is 0 Å². The number of nitrogens with two attached hydrogens (primary N) is 1. The molecule has 0 aliphatic carbocycles. The lowest BCUT2D eigenvalue weighted by molar-refractivity contribution is -0.139. The van der Waals surface area contributed by atoms with E-state index in [0.717, 1.165) is 35.2 Å². The van der Waals surface area contributed by atoms with Crippen molar-refractivity contribution in [2.24, 2.45) is 10.7 Å². The van der Waals surface area contributed by atoms with Crippen LogP contribution in [0.15, 0.2) is 78.2 Å². The van der Waals surface area contributed by atoms with Crippen LogP contribution in [-0.2, 0) is 36.1 Å². The summed E-state index contributed by atoms with van der Waals surface area (Å²) in [5.41, 5.74) is 4.09. The standard InChI is InChI=1S/C33H26F7N7O2/c34-23-7-5-22(6-8-23)31(10-2-11-32(35,36)37)29(49)47(30(41)45-31)16-19-4-9-25(33(38,39)40)24(13-19)28(48)46-17-21-15-43-27(44-26(21)18-46)20-3-1-12-42-14-20/h1,3-9,12-15H,2,10-11,16-18H2,(H2,41,45)/t31-/m1/s1. The number of aliphatic imine (C=N–C) groups is 1. The van der Waals surface area contributed by atoms with Crippen molar-refractivity contribution < 1.29 is 40.3 Å². The predicted molar refractivity (Wildman–Crippen MR) is 160 cm³/mol. The molecule has 6 rings (SSSR count). The van der Waals surface area contributed by atoms with Gasteiger partial charge in [-0.3, -0.25) is 19.5 Å². The van der Waals surface area contributed by atoms with Crippen LogP contribution in [0.2, 0.25) is 0 Å². The maximum atomic E-state index is 14.2.